The highest BCUT2D eigenvalue weighted by molar-refractivity contribution is 5.95. The molecule has 3 heteroatoms. The Hall–Kier alpha value is -2.13. The second kappa shape index (κ2) is 6.10. The molecule has 3 rings (SSSR count). The minimum absolute atomic E-state index is 0.00562. The fraction of sp³-hybridized carbons (Fsp3) is 0.278. The molecule has 2 N–H and O–H groups in total. The quantitative estimate of drug-likeness (QED) is 0.904. The third-order valence-electron chi connectivity index (χ3n) is 4.00. The van der Waals surface area contributed by atoms with Crippen molar-refractivity contribution in [3.8, 4) is 0 Å². The maximum atomic E-state index is 12.3. The van der Waals surface area contributed by atoms with Crippen molar-refractivity contribution in [1.82, 2.24) is 10.6 Å². The van der Waals surface area contributed by atoms with Crippen LogP contribution in [-0.2, 0) is 26.1 Å². The van der Waals surface area contributed by atoms with E-state index in [4.69, 9.17) is 0 Å². The zero-order valence-corrected chi connectivity index (χ0v) is 12.3. The topological polar surface area (TPSA) is 41.1 Å². The lowest BCUT2D eigenvalue weighted by Gasteiger charge is -2.10. The van der Waals surface area contributed by atoms with Crippen LogP contribution >= 0.6 is 0 Å². The van der Waals surface area contributed by atoms with Crippen LogP contribution in [0.4, 0.5) is 0 Å². The molecule has 0 fully saturated rings. The van der Waals surface area contributed by atoms with E-state index < -0.39 is 0 Å². The smallest absolute Gasteiger partial charge is 0.251 e. The van der Waals surface area contributed by atoms with E-state index in [0.29, 0.717) is 6.54 Å². The van der Waals surface area contributed by atoms with Crippen molar-refractivity contribution in [2.24, 2.45) is 0 Å². The molecule has 1 amide bonds. The first-order chi connectivity index (χ1) is 10.3. The Morgan fingerprint density at radius 3 is 2.81 bits per heavy atom. The van der Waals surface area contributed by atoms with Gasteiger partial charge in [0.1, 0.15) is 0 Å². The summed E-state index contributed by atoms with van der Waals surface area (Å²) in [5, 5.41) is 6.36. The van der Waals surface area contributed by atoms with Crippen molar-refractivity contribution < 1.29 is 4.79 Å². The van der Waals surface area contributed by atoms with Crippen LogP contribution < -0.4 is 10.6 Å². The number of carbonyl (C=O) groups excluding carboxylic acids is 1. The maximum absolute atomic E-state index is 12.3. The Morgan fingerprint density at radius 2 is 1.95 bits per heavy atom. The summed E-state index contributed by atoms with van der Waals surface area (Å²) >= 11 is 0. The average molecular weight is 280 g/mol. The molecular formula is C18H20N2O. The summed E-state index contributed by atoms with van der Waals surface area (Å²) in [6, 6.07) is 14.2. The van der Waals surface area contributed by atoms with Gasteiger partial charge in [0, 0.05) is 25.2 Å². The summed E-state index contributed by atoms with van der Waals surface area (Å²) < 4.78 is 0. The second-order valence-electron chi connectivity index (χ2n) is 5.40. The fourth-order valence-electron chi connectivity index (χ4n) is 2.79. The van der Waals surface area contributed by atoms with Crippen LogP contribution in [0.1, 0.15) is 39.5 Å². The number of amides is 1. The van der Waals surface area contributed by atoms with Crippen LogP contribution in [0.15, 0.2) is 42.5 Å². The first-order valence-corrected chi connectivity index (χ1v) is 7.45. The normalized spacial score (nSPS) is 13.0. The minimum atomic E-state index is 0.00562. The lowest BCUT2D eigenvalue weighted by Crippen LogP contribution is -2.24. The Labute approximate surface area is 125 Å². The van der Waals surface area contributed by atoms with Crippen molar-refractivity contribution >= 4 is 5.91 Å². The zero-order chi connectivity index (χ0) is 14.7. The first-order valence-electron chi connectivity index (χ1n) is 7.45. The Bertz CT molecular complexity index is 664. The summed E-state index contributed by atoms with van der Waals surface area (Å²) in [4.78, 5) is 12.3. The molecule has 108 valence electrons. The lowest BCUT2D eigenvalue weighted by molar-refractivity contribution is 0.0950. The largest absolute Gasteiger partial charge is 0.348 e. The van der Waals surface area contributed by atoms with E-state index in [1.165, 1.54) is 11.1 Å². The molecule has 2 aromatic carbocycles. The van der Waals surface area contributed by atoms with Crippen molar-refractivity contribution in [1.29, 1.82) is 0 Å². The number of benzene rings is 2. The predicted octanol–water partition coefficient (Wildman–Crippen LogP) is 2.78. The average Bonchev–Trinajstić information content (AvgIpc) is 3.00. The molecule has 1 aliphatic heterocycles. The molecule has 21 heavy (non-hydrogen) atoms. The van der Waals surface area contributed by atoms with E-state index in [1.54, 1.807) is 0 Å². The predicted molar refractivity (Wildman–Crippen MR) is 84.0 cm³/mol. The molecule has 0 aromatic heterocycles. The van der Waals surface area contributed by atoms with Crippen molar-refractivity contribution in [3.63, 3.8) is 0 Å². The number of fused-ring (bicyclic) bond motifs is 1. The molecule has 0 unspecified atom stereocenters. The highest BCUT2D eigenvalue weighted by Crippen LogP contribution is 2.17. The molecule has 0 saturated carbocycles. The van der Waals surface area contributed by atoms with Gasteiger partial charge in [0.05, 0.1) is 0 Å². The third-order valence-corrected chi connectivity index (χ3v) is 4.00. The Morgan fingerprint density at radius 1 is 1.14 bits per heavy atom. The molecule has 0 saturated heterocycles. The van der Waals surface area contributed by atoms with Crippen LogP contribution in [0.5, 0.6) is 0 Å². The van der Waals surface area contributed by atoms with E-state index in [0.717, 1.165) is 36.2 Å². The summed E-state index contributed by atoms with van der Waals surface area (Å²) in [5.41, 5.74) is 5.73. The van der Waals surface area contributed by atoms with Gasteiger partial charge in [-0.05, 0) is 34.7 Å². The van der Waals surface area contributed by atoms with Gasteiger partial charge in [-0.15, -0.1) is 0 Å². The number of nitrogens with one attached hydrogen (secondary N) is 2. The van der Waals surface area contributed by atoms with Crippen molar-refractivity contribution in [3.05, 3.63) is 70.3 Å². The number of rotatable bonds is 4. The Balaban J connectivity index is 1.68. The highest BCUT2D eigenvalue weighted by Gasteiger charge is 2.12. The van der Waals surface area contributed by atoms with E-state index in [2.05, 4.69) is 35.8 Å². The second-order valence-corrected chi connectivity index (χ2v) is 5.40. The van der Waals surface area contributed by atoms with Gasteiger partial charge in [-0.3, -0.25) is 4.79 Å². The van der Waals surface area contributed by atoms with Crippen molar-refractivity contribution in [2.75, 3.05) is 0 Å². The molecule has 1 aliphatic rings. The zero-order valence-electron chi connectivity index (χ0n) is 12.3. The van der Waals surface area contributed by atoms with Gasteiger partial charge in [0.15, 0.2) is 0 Å². The van der Waals surface area contributed by atoms with Crippen LogP contribution in [0.3, 0.4) is 0 Å². The molecule has 0 spiro atoms. The van der Waals surface area contributed by atoms with E-state index >= 15 is 0 Å². The van der Waals surface area contributed by atoms with E-state index in [9.17, 15) is 4.79 Å². The monoisotopic (exact) mass is 280 g/mol. The standard InChI is InChI=1S/C18H20N2O/c1-2-14-5-3-4-6-17(14)18(21)20-10-13-7-8-15-11-19-12-16(15)9-13/h3-9,19H,2,10-12H2,1H3,(H,20,21). The van der Waals surface area contributed by atoms with Crippen LogP contribution in [-0.4, -0.2) is 5.91 Å². The summed E-state index contributed by atoms with van der Waals surface area (Å²) in [5.74, 6) is 0.00562. The number of hydrogen-bond donors (Lipinski definition) is 2. The molecule has 0 radical (unpaired) electrons. The molecule has 1 heterocycles. The summed E-state index contributed by atoms with van der Waals surface area (Å²) in [6.45, 7) is 4.52. The molecular weight excluding hydrogens is 260 g/mol. The molecule has 0 bridgehead atoms. The van der Waals surface area contributed by atoms with Crippen molar-refractivity contribution in [2.45, 2.75) is 33.0 Å². The fourth-order valence-corrected chi connectivity index (χ4v) is 2.79. The number of hydrogen-bond acceptors (Lipinski definition) is 2. The molecule has 0 aliphatic carbocycles. The van der Waals surface area contributed by atoms with Gasteiger partial charge in [-0.25, -0.2) is 0 Å². The van der Waals surface area contributed by atoms with E-state index in [1.807, 2.05) is 24.3 Å². The van der Waals surface area contributed by atoms with Gasteiger partial charge >= 0.3 is 0 Å². The molecule has 0 atom stereocenters. The minimum Gasteiger partial charge on any atom is -0.348 e. The van der Waals surface area contributed by atoms with Gasteiger partial charge in [-0.1, -0.05) is 43.3 Å². The summed E-state index contributed by atoms with van der Waals surface area (Å²) in [7, 11) is 0. The number of carbonyl (C=O) groups is 1. The summed E-state index contributed by atoms with van der Waals surface area (Å²) in [6.07, 6.45) is 0.869. The molecule has 2 aromatic rings. The van der Waals surface area contributed by atoms with Crippen LogP contribution in [0.25, 0.3) is 0 Å². The SMILES string of the molecule is CCc1ccccc1C(=O)NCc1ccc2c(c1)CNC2. The van der Waals surface area contributed by atoms with Crippen LogP contribution in [0, 0.1) is 0 Å². The van der Waals surface area contributed by atoms with Gasteiger partial charge < -0.3 is 10.6 Å². The van der Waals surface area contributed by atoms with Gasteiger partial charge in [-0.2, -0.15) is 0 Å². The highest BCUT2D eigenvalue weighted by atomic mass is 16.1. The third kappa shape index (κ3) is 2.98. The number of aryl methyl sites for hydroxylation is 1. The lowest BCUT2D eigenvalue weighted by atomic mass is 10.0. The van der Waals surface area contributed by atoms with E-state index in [-0.39, 0.29) is 5.91 Å². The molecule has 3 nitrogen and oxygen atoms in total. The maximum Gasteiger partial charge on any atom is 0.251 e. The van der Waals surface area contributed by atoms with Gasteiger partial charge in [0.25, 0.3) is 5.91 Å². The first kappa shape index (κ1) is 13.8. The Kier molecular flexibility index (Phi) is 4.02. The van der Waals surface area contributed by atoms with Gasteiger partial charge in [0.2, 0.25) is 0 Å². The van der Waals surface area contributed by atoms with Crippen LogP contribution in [0.2, 0.25) is 0 Å².